The summed E-state index contributed by atoms with van der Waals surface area (Å²) in [5.74, 6) is -0.118. The molecule has 0 aliphatic heterocycles. The highest BCUT2D eigenvalue weighted by Gasteiger charge is 2.22. The van der Waals surface area contributed by atoms with Gasteiger partial charge in [0.05, 0.1) is 15.1 Å². The number of ketones is 1. The van der Waals surface area contributed by atoms with E-state index in [1.54, 1.807) is 32.0 Å². The smallest absolute Gasteiger partial charge is 0.282 e. The number of sulfonamides is 1. The summed E-state index contributed by atoms with van der Waals surface area (Å²) < 4.78 is 28.6. The van der Waals surface area contributed by atoms with Crippen molar-refractivity contribution in [2.24, 2.45) is 4.40 Å². The van der Waals surface area contributed by atoms with E-state index >= 15 is 0 Å². The van der Waals surface area contributed by atoms with E-state index in [-0.39, 0.29) is 16.4 Å². The Hall–Kier alpha value is -1.53. The van der Waals surface area contributed by atoms with Crippen molar-refractivity contribution < 1.29 is 13.2 Å². The lowest BCUT2D eigenvalue weighted by molar-refractivity contribution is -0.112. The van der Waals surface area contributed by atoms with Gasteiger partial charge in [-0.3, -0.25) is 4.79 Å². The van der Waals surface area contributed by atoms with Gasteiger partial charge in [-0.1, -0.05) is 18.2 Å². The Bertz CT molecular complexity index is 759. The lowest BCUT2D eigenvalue weighted by Gasteiger charge is -2.12. The van der Waals surface area contributed by atoms with Crippen LogP contribution in [0.15, 0.2) is 61.3 Å². The number of hydrogen-bond acceptors (Lipinski definition) is 3. The maximum atomic E-state index is 12.2. The van der Waals surface area contributed by atoms with Crippen LogP contribution in [0.25, 0.3) is 0 Å². The first-order valence-corrected chi connectivity index (χ1v) is 8.06. The molecule has 0 spiro atoms. The summed E-state index contributed by atoms with van der Waals surface area (Å²) in [6.07, 6.45) is 1.47. The number of allylic oxidation sites excluding steroid dienone is 4. The van der Waals surface area contributed by atoms with Crippen LogP contribution in [0.3, 0.4) is 0 Å². The van der Waals surface area contributed by atoms with Crippen LogP contribution in [-0.2, 0) is 14.8 Å². The largest absolute Gasteiger partial charge is 0.289 e. The zero-order valence-electron chi connectivity index (χ0n) is 10.9. The fraction of sp³-hybridized carbons (Fsp3) is 0.143. The normalized spacial score (nSPS) is 18.4. The number of hydrogen-bond donors (Lipinski definition) is 0. The first-order chi connectivity index (χ1) is 9.33. The molecule has 0 heterocycles. The van der Waals surface area contributed by atoms with E-state index in [2.05, 4.69) is 20.3 Å². The van der Waals surface area contributed by atoms with E-state index in [1.807, 2.05) is 0 Å². The molecule has 0 N–H and O–H groups in total. The molecule has 0 fully saturated rings. The molecule has 0 unspecified atom stereocenters. The fourth-order valence-corrected chi connectivity index (χ4v) is 3.27. The predicted molar refractivity (Wildman–Crippen MR) is 81.5 cm³/mol. The van der Waals surface area contributed by atoms with Crippen LogP contribution in [0, 0.1) is 0 Å². The van der Waals surface area contributed by atoms with Crippen LogP contribution in [0.1, 0.15) is 13.8 Å². The molecular formula is C14H12BrNO3S. The second-order valence-corrected chi connectivity index (χ2v) is 6.76. The SMILES string of the molecule is CC1=C/C(=N\S(=O)(=O)c2ccccc2)C(Br)=C(C)C1=O. The molecule has 2 rings (SSSR count). The van der Waals surface area contributed by atoms with Gasteiger partial charge in [-0.05, 0) is 53.6 Å². The molecule has 1 aromatic rings. The maximum Gasteiger partial charge on any atom is 0.282 e. The van der Waals surface area contributed by atoms with Crippen LogP contribution < -0.4 is 0 Å². The molecule has 0 atom stereocenters. The van der Waals surface area contributed by atoms with Crippen LogP contribution in [-0.4, -0.2) is 19.9 Å². The zero-order chi connectivity index (χ0) is 14.9. The molecule has 20 heavy (non-hydrogen) atoms. The highest BCUT2D eigenvalue weighted by molar-refractivity contribution is 9.12. The Labute approximate surface area is 126 Å². The summed E-state index contributed by atoms with van der Waals surface area (Å²) in [5.41, 5.74) is 1.16. The third-order valence-corrected chi connectivity index (χ3v) is 5.17. The summed E-state index contributed by atoms with van der Waals surface area (Å²) in [6, 6.07) is 7.96. The summed E-state index contributed by atoms with van der Waals surface area (Å²) in [4.78, 5) is 11.9. The third kappa shape index (κ3) is 2.81. The van der Waals surface area contributed by atoms with Gasteiger partial charge in [0.2, 0.25) is 0 Å². The fourth-order valence-electron chi connectivity index (χ4n) is 1.76. The van der Waals surface area contributed by atoms with Gasteiger partial charge in [0, 0.05) is 5.57 Å². The third-order valence-electron chi connectivity index (χ3n) is 2.87. The predicted octanol–water partition coefficient (Wildman–Crippen LogP) is 3.01. The van der Waals surface area contributed by atoms with Crippen molar-refractivity contribution >= 4 is 37.4 Å². The summed E-state index contributed by atoms with van der Waals surface area (Å²) >= 11 is 3.23. The van der Waals surface area contributed by atoms with Crippen LogP contribution in [0.4, 0.5) is 0 Å². The lowest BCUT2D eigenvalue weighted by atomic mass is 9.98. The van der Waals surface area contributed by atoms with Crippen molar-refractivity contribution in [1.82, 2.24) is 0 Å². The first kappa shape index (κ1) is 14.9. The van der Waals surface area contributed by atoms with E-state index in [1.165, 1.54) is 18.2 Å². The van der Waals surface area contributed by atoms with Crippen molar-refractivity contribution in [2.75, 3.05) is 0 Å². The first-order valence-electron chi connectivity index (χ1n) is 5.82. The lowest BCUT2D eigenvalue weighted by Crippen LogP contribution is -2.15. The Kier molecular flexibility index (Phi) is 4.06. The second kappa shape index (κ2) is 5.46. The molecule has 104 valence electrons. The number of carbonyl (C=O) groups is 1. The number of carbonyl (C=O) groups excluding carboxylic acids is 1. The van der Waals surface area contributed by atoms with Gasteiger partial charge in [0.15, 0.2) is 5.78 Å². The van der Waals surface area contributed by atoms with E-state index in [0.717, 1.165) is 0 Å². The van der Waals surface area contributed by atoms with E-state index in [4.69, 9.17) is 0 Å². The van der Waals surface area contributed by atoms with Crippen LogP contribution >= 0.6 is 15.9 Å². The minimum atomic E-state index is -3.79. The van der Waals surface area contributed by atoms with Gasteiger partial charge in [0.1, 0.15) is 0 Å². The Morgan fingerprint density at radius 2 is 1.70 bits per heavy atom. The molecule has 0 bridgehead atoms. The molecule has 0 amide bonds. The van der Waals surface area contributed by atoms with Gasteiger partial charge >= 0.3 is 0 Å². The van der Waals surface area contributed by atoms with Crippen LogP contribution in [0.2, 0.25) is 0 Å². The highest BCUT2D eigenvalue weighted by Crippen LogP contribution is 2.25. The summed E-state index contributed by atoms with van der Waals surface area (Å²) in [5, 5.41) is 0. The van der Waals surface area contributed by atoms with E-state index < -0.39 is 10.0 Å². The average molecular weight is 354 g/mol. The van der Waals surface area contributed by atoms with E-state index in [0.29, 0.717) is 15.6 Å². The Balaban J connectivity index is 2.54. The number of Topliss-reactive ketones (excluding diaryl/α,β-unsaturated/α-hetero) is 1. The highest BCUT2D eigenvalue weighted by atomic mass is 79.9. The molecule has 0 saturated carbocycles. The molecule has 1 aliphatic carbocycles. The van der Waals surface area contributed by atoms with Gasteiger partial charge in [-0.2, -0.15) is 12.8 Å². The number of nitrogens with zero attached hydrogens (tertiary/aromatic N) is 1. The monoisotopic (exact) mass is 353 g/mol. The van der Waals surface area contributed by atoms with Gasteiger partial charge in [0.25, 0.3) is 10.0 Å². The molecule has 0 aromatic heterocycles. The molecule has 6 heteroatoms. The quantitative estimate of drug-likeness (QED) is 0.767. The van der Waals surface area contributed by atoms with Crippen molar-refractivity contribution in [3.05, 3.63) is 52.0 Å². The zero-order valence-corrected chi connectivity index (χ0v) is 13.3. The van der Waals surface area contributed by atoms with Gasteiger partial charge in [-0.15, -0.1) is 0 Å². The number of halogens is 1. The number of rotatable bonds is 2. The van der Waals surface area contributed by atoms with Gasteiger partial charge in [-0.25, -0.2) is 0 Å². The van der Waals surface area contributed by atoms with E-state index in [9.17, 15) is 13.2 Å². The minimum absolute atomic E-state index is 0.118. The molecule has 1 aromatic carbocycles. The van der Waals surface area contributed by atoms with Crippen molar-refractivity contribution in [3.63, 3.8) is 0 Å². The molecule has 0 saturated heterocycles. The van der Waals surface area contributed by atoms with Gasteiger partial charge < -0.3 is 0 Å². The second-order valence-electron chi connectivity index (χ2n) is 4.36. The van der Waals surface area contributed by atoms with Crippen molar-refractivity contribution in [3.8, 4) is 0 Å². The topological polar surface area (TPSA) is 63.6 Å². The van der Waals surface area contributed by atoms with Crippen molar-refractivity contribution in [2.45, 2.75) is 18.7 Å². The molecule has 0 radical (unpaired) electrons. The average Bonchev–Trinajstić information content (AvgIpc) is 2.43. The molecule has 1 aliphatic rings. The summed E-state index contributed by atoms with van der Waals surface area (Å²) in [7, 11) is -3.79. The van der Waals surface area contributed by atoms with Crippen molar-refractivity contribution in [1.29, 1.82) is 0 Å². The molecule has 4 nitrogen and oxygen atoms in total. The van der Waals surface area contributed by atoms with Crippen LogP contribution in [0.5, 0.6) is 0 Å². The number of benzene rings is 1. The molecular weight excluding hydrogens is 342 g/mol. The minimum Gasteiger partial charge on any atom is -0.289 e. The Morgan fingerprint density at radius 3 is 2.30 bits per heavy atom. The summed E-state index contributed by atoms with van der Waals surface area (Å²) in [6.45, 7) is 3.27. The standard InChI is InChI=1S/C14H12BrNO3S/c1-9-8-12(13(15)10(2)14(9)17)16-20(18,19)11-6-4-3-5-7-11/h3-8H,1-2H3/b16-12+. The maximum absolute atomic E-state index is 12.2. The Morgan fingerprint density at radius 1 is 1.10 bits per heavy atom.